The molecule has 0 aliphatic heterocycles. The fourth-order valence-electron chi connectivity index (χ4n) is 4.05. The molecule has 0 aliphatic carbocycles. The first-order valence-corrected chi connectivity index (χ1v) is 12.6. The molecule has 2 atom stereocenters. The number of carbonyl (C=O) groups is 3. The fraction of sp³-hybridized carbons (Fsp3) is 0.464. The smallest absolute Gasteiger partial charge is 0.326 e. The molecule has 0 aliphatic rings. The highest BCUT2D eigenvalue weighted by atomic mass is 16.5. The van der Waals surface area contributed by atoms with E-state index in [2.05, 4.69) is 5.32 Å². The van der Waals surface area contributed by atoms with Crippen LogP contribution >= 0.6 is 0 Å². The molecule has 37 heavy (non-hydrogen) atoms. The number of carboxylic acids is 2. The van der Waals surface area contributed by atoms with Crippen LogP contribution in [0, 0.1) is 6.92 Å². The van der Waals surface area contributed by atoms with Gasteiger partial charge in [-0.15, -0.1) is 0 Å². The molecule has 2 aromatic rings. The molecule has 0 fully saturated rings. The first-order valence-electron chi connectivity index (χ1n) is 12.6. The highest BCUT2D eigenvalue weighted by Crippen LogP contribution is 2.34. The van der Waals surface area contributed by atoms with Gasteiger partial charge in [0.1, 0.15) is 17.5 Å². The normalized spacial score (nSPS) is 12.3. The number of carbonyl (C=O) groups excluding carboxylic acids is 1. The summed E-state index contributed by atoms with van der Waals surface area (Å²) in [6, 6.07) is 11.1. The molecular formula is C28H38N2O7. The maximum atomic E-state index is 13.3. The minimum absolute atomic E-state index is 0.348. The van der Waals surface area contributed by atoms with Gasteiger partial charge in [-0.1, -0.05) is 30.3 Å². The van der Waals surface area contributed by atoms with Gasteiger partial charge in [-0.25, -0.2) is 9.59 Å². The van der Waals surface area contributed by atoms with E-state index in [4.69, 9.17) is 14.6 Å². The van der Waals surface area contributed by atoms with E-state index in [0.29, 0.717) is 37.7 Å². The topological polar surface area (TPSA) is 125 Å². The van der Waals surface area contributed by atoms with Crippen LogP contribution in [-0.4, -0.2) is 58.9 Å². The van der Waals surface area contributed by atoms with Crippen molar-refractivity contribution < 1.29 is 34.1 Å². The molecule has 0 radical (unpaired) electrons. The van der Waals surface area contributed by atoms with Crippen LogP contribution in [0.4, 0.5) is 4.79 Å². The molecule has 3 N–H and O–H groups in total. The minimum Gasteiger partial charge on any atom is -0.493 e. The molecule has 9 heteroatoms. The number of nitrogens with one attached hydrogen (secondary N) is 1. The summed E-state index contributed by atoms with van der Waals surface area (Å²) >= 11 is 0. The summed E-state index contributed by atoms with van der Waals surface area (Å²) in [6.45, 7) is 8.79. The molecule has 0 spiro atoms. The van der Waals surface area contributed by atoms with Gasteiger partial charge in [0, 0.05) is 12.1 Å². The number of urea groups is 1. The van der Waals surface area contributed by atoms with Crippen molar-refractivity contribution in [2.45, 2.75) is 65.5 Å². The van der Waals surface area contributed by atoms with E-state index in [1.807, 2.05) is 70.2 Å². The van der Waals surface area contributed by atoms with Crippen LogP contribution in [0.15, 0.2) is 42.5 Å². The van der Waals surface area contributed by atoms with Gasteiger partial charge >= 0.3 is 18.0 Å². The first kappa shape index (κ1) is 29.5. The standard InChI is InChI=1S/C28H38N2O7/c1-5-36-24-16-22(17-25(19(24)3)37-6-2)20(4)30(15-11-10-14-21-12-8-7-9-13-21)28(35)29-23(27(33)34)18-26(31)32/h7-9,12-13,16-17,20,23H,5-6,10-11,14-15,18H2,1-4H3,(H,29,35)(H,31,32)(H,33,34). The molecule has 0 saturated heterocycles. The van der Waals surface area contributed by atoms with E-state index < -0.39 is 36.5 Å². The lowest BCUT2D eigenvalue weighted by molar-refractivity contribution is -0.145. The van der Waals surface area contributed by atoms with E-state index >= 15 is 0 Å². The van der Waals surface area contributed by atoms with E-state index in [1.165, 1.54) is 5.56 Å². The lowest BCUT2D eigenvalue weighted by atomic mass is 10.0. The lowest BCUT2D eigenvalue weighted by Crippen LogP contribution is -2.49. The molecule has 0 heterocycles. The van der Waals surface area contributed by atoms with Crippen molar-refractivity contribution in [2.24, 2.45) is 0 Å². The van der Waals surface area contributed by atoms with Crippen LogP contribution in [0.5, 0.6) is 11.5 Å². The maximum Gasteiger partial charge on any atom is 0.326 e. The third kappa shape index (κ3) is 9.00. The number of nitrogens with zero attached hydrogens (tertiary/aromatic N) is 1. The van der Waals surface area contributed by atoms with Crippen LogP contribution in [-0.2, 0) is 16.0 Å². The quantitative estimate of drug-likeness (QED) is 0.291. The van der Waals surface area contributed by atoms with Crippen molar-refractivity contribution in [1.29, 1.82) is 0 Å². The number of rotatable bonds is 15. The molecular weight excluding hydrogens is 476 g/mol. The predicted molar refractivity (Wildman–Crippen MR) is 140 cm³/mol. The predicted octanol–water partition coefficient (Wildman–Crippen LogP) is 4.82. The number of amides is 2. The van der Waals surface area contributed by atoms with E-state index in [1.54, 1.807) is 4.90 Å². The average Bonchev–Trinajstić information content (AvgIpc) is 2.86. The second-order valence-corrected chi connectivity index (χ2v) is 8.76. The molecule has 0 saturated carbocycles. The Morgan fingerprint density at radius 3 is 2.08 bits per heavy atom. The van der Waals surface area contributed by atoms with Gasteiger partial charge in [-0.2, -0.15) is 0 Å². The molecule has 2 aromatic carbocycles. The van der Waals surface area contributed by atoms with E-state index in [9.17, 15) is 19.5 Å². The van der Waals surface area contributed by atoms with Crippen LogP contribution in [0.1, 0.15) is 62.8 Å². The highest BCUT2D eigenvalue weighted by Gasteiger charge is 2.29. The number of carboxylic acid groups (broad SMARTS) is 2. The summed E-state index contributed by atoms with van der Waals surface area (Å²) in [7, 11) is 0. The Morgan fingerprint density at radius 1 is 0.973 bits per heavy atom. The largest absolute Gasteiger partial charge is 0.493 e. The number of unbranched alkanes of at least 4 members (excludes halogenated alkanes) is 1. The summed E-state index contributed by atoms with van der Waals surface area (Å²) in [6.07, 6.45) is 1.62. The molecule has 2 amide bonds. The summed E-state index contributed by atoms with van der Waals surface area (Å²) in [5.41, 5.74) is 2.81. The van der Waals surface area contributed by atoms with Crippen molar-refractivity contribution in [3.63, 3.8) is 0 Å². The maximum absolute atomic E-state index is 13.3. The van der Waals surface area contributed by atoms with Crippen LogP contribution < -0.4 is 14.8 Å². The van der Waals surface area contributed by atoms with Crippen molar-refractivity contribution in [3.05, 3.63) is 59.2 Å². The van der Waals surface area contributed by atoms with Gasteiger partial charge in [0.05, 0.1) is 25.7 Å². The molecule has 2 rings (SSSR count). The van der Waals surface area contributed by atoms with Crippen molar-refractivity contribution >= 4 is 18.0 Å². The first-order chi connectivity index (χ1) is 17.7. The number of aryl methyl sites for hydroxylation is 1. The Hall–Kier alpha value is -3.75. The van der Waals surface area contributed by atoms with Crippen molar-refractivity contribution in [3.8, 4) is 11.5 Å². The van der Waals surface area contributed by atoms with Crippen molar-refractivity contribution in [1.82, 2.24) is 10.2 Å². The average molecular weight is 515 g/mol. The number of hydrogen-bond acceptors (Lipinski definition) is 5. The van der Waals surface area contributed by atoms with E-state index in [-0.39, 0.29) is 0 Å². The minimum atomic E-state index is -1.54. The van der Waals surface area contributed by atoms with Gasteiger partial charge in [0.2, 0.25) is 0 Å². The zero-order chi connectivity index (χ0) is 27.4. The Kier molecular flexibility index (Phi) is 11.7. The Bertz CT molecular complexity index is 1020. The summed E-state index contributed by atoms with van der Waals surface area (Å²) < 4.78 is 11.6. The van der Waals surface area contributed by atoms with Crippen molar-refractivity contribution in [2.75, 3.05) is 19.8 Å². The Morgan fingerprint density at radius 2 is 1.57 bits per heavy atom. The second-order valence-electron chi connectivity index (χ2n) is 8.76. The van der Waals surface area contributed by atoms with E-state index in [0.717, 1.165) is 24.0 Å². The second kappa shape index (κ2) is 14.7. The van der Waals surface area contributed by atoms with Gasteiger partial charge in [-0.3, -0.25) is 4.79 Å². The third-order valence-electron chi connectivity index (χ3n) is 6.08. The molecule has 9 nitrogen and oxygen atoms in total. The van der Waals surface area contributed by atoms with Crippen LogP contribution in [0.2, 0.25) is 0 Å². The van der Waals surface area contributed by atoms with Crippen LogP contribution in [0.25, 0.3) is 0 Å². The molecule has 2 unspecified atom stereocenters. The SMILES string of the molecule is CCOc1cc(C(C)N(CCCCc2ccccc2)C(=O)NC(CC(=O)O)C(=O)O)cc(OCC)c1C. The van der Waals surface area contributed by atoms with Gasteiger partial charge < -0.3 is 29.9 Å². The Labute approximate surface area is 218 Å². The summed E-state index contributed by atoms with van der Waals surface area (Å²) in [5, 5.41) is 20.9. The lowest BCUT2D eigenvalue weighted by Gasteiger charge is -2.31. The zero-order valence-corrected chi connectivity index (χ0v) is 22.0. The number of ether oxygens (including phenoxy) is 2. The van der Waals surface area contributed by atoms with Gasteiger partial charge in [0.25, 0.3) is 0 Å². The molecule has 0 aromatic heterocycles. The summed E-state index contributed by atoms with van der Waals surface area (Å²) in [5.74, 6) is -1.42. The molecule has 0 bridgehead atoms. The monoisotopic (exact) mass is 514 g/mol. The van der Waals surface area contributed by atoms with Gasteiger partial charge in [-0.05, 0) is 70.2 Å². The number of hydrogen-bond donors (Lipinski definition) is 3. The fourth-order valence-corrected chi connectivity index (χ4v) is 4.05. The Balaban J connectivity index is 2.31. The molecule has 202 valence electrons. The highest BCUT2D eigenvalue weighted by molar-refractivity contribution is 5.86. The van der Waals surface area contributed by atoms with Gasteiger partial charge in [0.15, 0.2) is 0 Å². The number of benzene rings is 2. The third-order valence-corrected chi connectivity index (χ3v) is 6.08. The summed E-state index contributed by atoms with van der Waals surface area (Å²) in [4.78, 5) is 37.6. The van der Waals surface area contributed by atoms with Crippen LogP contribution in [0.3, 0.4) is 0 Å². The zero-order valence-electron chi connectivity index (χ0n) is 22.0. The number of aliphatic carboxylic acids is 2.